The van der Waals surface area contributed by atoms with E-state index in [0.29, 0.717) is 12.8 Å². The molecule has 0 saturated heterocycles. The second-order valence-corrected chi connectivity index (χ2v) is 4.85. The Morgan fingerprint density at radius 1 is 1.18 bits per heavy atom. The van der Waals surface area contributed by atoms with Crippen molar-refractivity contribution in [1.29, 1.82) is 0 Å². The van der Waals surface area contributed by atoms with Gasteiger partial charge in [-0.2, -0.15) is 0 Å². The smallest absolute Gasteiger partial charge is 0.306 e. The first kappa shape index (κ1) is 17.7. The van der Waals surface area contributed by atoms with E-state index in [2.05, 4.69) is 5.32 Å². The number of nitrogens with one attached hydrogen (secondary N) is 1. The van der Waals surface area contributed by atoms with Crippen LogP contribution in [0.2, 0.25) is 0 Å². The van der Waals surface area contributed by atoms with Crippen LogP contribution in [-0.2, 0) is 25.5 Å². The first-order valence-electron chi connectivity index (χ1n) is 7.31. The Morgan fingerprint density at radius 2 is 1.86 bits per heavy atom. The molecule has 1 rings (SSSR count). The predicted molar refractivity (Wildman–Crippen MR) is 81.8 cm³/mol. The Kier molecular flexibility index (Phi) is 7.67. The molecule has 0 aromatic heterocycles. The lowest BCUT2D eigenvalue weighted by Crippen LogP contribution is -2.44. The number of ether oxygens (including phenoxy) is 1. The zero-order chi connectivity index (χ0) is 16.4. The number of primary amides is 1. The van der Waals surface area contributed by atoms with Crippen LogP contribution in [0.15, 0.2) is 30.3 Å². The van der Waals surface area contributed by atoms with Crippen LogP contribution in [0.5, 0.6) is 0 Å². The number of aryl methyl sites for hydroxylation is 1. The van der Waals surface area contributed by atoms with Gasteiger partial charge in [-0.25, -0.2) is 0 Å². The van der Waals surface area contributed by atoms with E-state index in [1.54, 1.807) is 6.92 Å². The van der Waals surface area contributed by atoms with Gasteiger partial charge in [-0.05, 0) is 25.3 Å². The van der Waals surface area contributed by atoms with Gasteiger partial charge in [-0.3, -0.25) is 14.4 Å². The van der Waals surface area contributed by atoms with Crippen molar-refractivity contribution in [2.24, 2.45) is 5.73 Å². The number of esters is 1. The van der Waals surface area contributed by atoms with Gasteiger partial charge in [-0.15, -0.1) is 0 Å². The molecule has 6 heteroatoms. The second kappa shape index (κ2) is 9.55. The largest absolute Gasteiger partial charge is 0.466 e. The van der Waals surface area contributed by atoms with Crippen LogP contribution in [0.3, 0.4) is 0 Å². The number of hydrogen-bond acceptors (Lipinski definition) is 4. The van der Waals surface area contributed by atoms with Gasteiger partial charge in [0.25, 0.3) is 0 Å². The summed E-state index contributed by atoms with van der Waals surface area (Å²) in [6.07, 6.45) is 1.02. The molecule has 0 radical (unpaired) electrons. The summed E-state index contributed by atoms with van der Waals surface area (Å²) in [6, 6.07) is 8.88. The molecule has 1 aromatic carbocycles. The van der Waals surface area contributed by atoms with Crippen molar-refractivity contribution in [3.63, 3.8) is 0 Å². The topological polar surface area (TPSA) is 98.5 Å². The highest BCUT2D eigenvalue weighted by atomic mass is 16.5. The Hall–Kier alpha value is -2.37. The molecule has 1 aromatic rings. The minimum Gasteiger partial charge on any atom is -0.466 e. The molecule has 2 amide bonds. The van der Waals surface area contributed by atoms with Gasteiger partial charge in [0, 0.05) is 6.42 Å². The van der Waals surface area contributed by atoms with E-state index in [9.17, 15) is 14.4 Å². The van der Waals surface area contributed by atoms with Gasteiger partial charge in [0.2, 0.25) is 11.8 Å². The fourth-order valence-electron chi connectivity index (χ4n) is 1.96. The molecule has 0 heterocycles. The summed E-state index contributed by atoms with van der Waals surface area (Å²) in [4.78, 5) is 34.3. The van der Waals surface area contributed by atoms with Crippen molar-refractivity contribution in [3.05, 3.63) is 35.9 Å². The van der Waals surface area contributed by atoms with Crippen molar-refractivity contribution >= 4 is 17.8 Å². The molecular weight excluding hydrogens is 284 g/mol. The van der Waals surface area contributed by atoms with Gasteiger partial charge in [-0.1, -0.05) is 30.3 Å². The first-order valence-corrected chi connectivity index (χ1v) is 7.31. The van der Waals surface area contributed by atoms with Crippen LogP contribution >= 0.6 is 0 Å². The van der Waals surface area contributed by atoms with E-state index in [-0.39, 0.29) is 25.4 Å². The standard InChI is InChI=1S/C16H22N2O4/c1-2-22-15(20)11-10-14(19)18-13(16(17)21)9-8-12-6-4-3-5-7-12/h3-7,13H,2,8-11H2,1H3,(H2,17,21)(H,18,19)/t13-/m0/s1. The minimum atomic E-state index is -0.741. The first-order chi connectivity index (χ1) is 10.5. The highest BCUT2D eigenvalue weighted by molar-refractivity contribution is 5.87. The molecule has 0 aliphatic heterocycles. The van der Waals surface area contributed by atoms with Gasteiger partial charge in [0.05, 0.1) is 13.0 Å². The third-order valence-electron chi connectivity index (χ3n) is 3.10. The van der Waals surface area contributed by atoms with Crippen LogP contribution in [-0.4, -0.2) is 30.4 Å². The van der Waals surface area contributed by atoms with Crippen molar-refractivity contribution < 1.29 is 19.1 Å². The number of carbonyl (C=O) groups is 3. The highest BCUT2D eigenvalue weighted by Crippen LogP contribution is 2.05. The quantitative estimate of drug-likeness (QED) is 0.663. The van der Waals surface area contributed by atoms with E-state index in [0.717, 1.165) is 5.56 Å². The highest BCUT2D eigenvalue weighted by Gasteiger charge is 2.18. The van der Waals surface area contributed by atoms with Crippen LogP contribution in [0.25, 0.3) is 0 Å². The number of hydrogen-bond donors (Lipinski definition) is 2. The number of nitrogens with two attached hydrogens (primary N) is 1. The zero-order valence-corrected chi connectivity index (χ0v) is 12.7. The molecular formula is C16H22N2O4. The molecule has 22 heavy (non-hydrogen) atoms. The summed E-state index contributed by atoms with van der Waals surface area (Å²) < 4.78 is 4.74. The van der Waals surface area contributed by atoms with E-state index in [1.165, 1.54) is 0 Å². The molecule has 120 valence electrons. The second-order valence-electron chi connectivity index (χ2n) is 4.85. The molecule has 3 N–H and O–H groups in total. The summed E-state index contributed by atoms with van der Waals surface area (Å²) in [5.74, 6) is -1.40. The lowest BCUT2D eigenvalue weighted by Gasteiger charge is -2.15. The summed E-state index contributed by atoms with van der Waals surface area (Å²) in [5.41, 5.74) is 6.37. The molecule has 0 aliphatic carbocycles. The maximum Gasteiger partial charge on any atom is 0.306 e. The molecule has 6 nitrogen and oxygen atoms in total. The van der Waals surface area contributed by atoms with Crippen LogP contribution in [0, 0.1) is 0 Å². The zero-order valence-electron chi connectivity index (χ0n) is 12.7. The fraction of sp³-hybridized carbons (Fsp3) is 0.438. The molecule has 0 bridgehead atoms. The average molecular weight is 306 g/mol. The summed E-state index contributed by atoms with van der Waals surface area (Å²) in [6.45, 7) is 1.98. The van der Waals surface area contributed by atoms with Gasteiger partial charge < -0.3 is 15.8 Å². The fourth-order valence-corrected chi connectivity index (χ4v) is 1.96. The summed E-state index contributed by atoms with van der Waals surface area (Å²) >= 11 is 0. The number of rotatable bonds is 9. The van der Waals surface area contributed by atoms with Crippen molar-refractivity contribution in [1.82, 2.24) is 5.32 Å². The average Bonchev–Trinajstić information content (AvgIpc) is 2.50. The van der Waals surface area contributed by atoms with Crippen molar-refractivity contribution in [2.75, 3.05) is 6.61 Å². The van der Waals surface area contributed by atoms with Gasteiger partial charge in [0.1, 0.15) is 6.04 Å². The van der Waals surface area contributed by atoms with E-state index in [4.69, 9.17) is 10.5 Å². The lowest BCUT2D eigenvalue weighted by molar-refractivity contribution is -0.144. The van der Waals surface area contributed by atoms with Gasteiger partial charge >= 0.3 is 5.97 Å². The third-order valence-corrected chi connectivity index (χ3v) is 3.10. The number of carbonyl (C=O) groups excluding carboxylic acids is 3. The summed E-state index contributed by atoms with van der Waals surface area (Å²) in [7, 11) is 0. The third kappa shape index (κ3) is 6.88. The SMILES string of the molecule is CCOC(=O)CCC(=O)N[C@@H](CCc1ccccc1)C(N)=O. The molecule has 0 fully saturated rings. The minimum absolute atomic E-state index is 0.0101. The van der Waals surface area contributed by atoms with Crippen molar-refractivity contribution in [2.45, 2.75) is 38.6 Å². The molecule has 0 aliphatic rings. The Bertz CT molecular complexity index is 502. The number of benzene rings is 1. The van der Waals surface area contributed by atoms with Gasteiger partial charge in [0.15, 0.2) is 0 Å². The number of amides is 2. The van der Waals surface area contributed by atoms with E-state index >= 15 is 0 Å². The molecule has 1 atom stereocenters. The van der Waals surface area contributed by atoms with Crippen LogP contribution in [0.1, 0.15) is 31.7 Å². The lowest BCUT2D eigenvalue weighted by atomic mass is 10.0. The van der Waals surface area contributed by atoms with Crippen LogP contribution in [0.4, 0.5) is 0 Å². The molecule has 0 unspecified atom stereocenters. The van der Waals surface area contributed by atoms with E-state index in [1.807, 2.05) is 30.3 Å². The predicted octanol–water partition coefficient (Wildman–Crippen LogP) is 0.933. The maximum atomic E-state index is 11.8. The molecule has 0 saturated carbocycles. The Balaban J connectivity index is 2.41. The van der Waals surface area contributed by atoms with E-state index < -0.39 is 17.9 Å². The normalized spacial score (nSPS) is 11.5. The molecule has 0 spiro atoms. The Labute approximate surface area is 130 Å². The summed E-state index contributed by atoms with van der Waals surface area (Å²) in [5, 5.41) is 2.56. The van der Waals surface area contributed by atoms with Crippen molar-refractivity contribution in [3.8, 4) is 0 Å². The monoisotopic (exact) mass is 306 g/mol. The Morgan fingerprint density at radius 3 is 2.45 bits per heavy atom. The van der Waals surface area contributed by atoms with Crippen LogP contribution < -0.4 is 11.1 Å². The maximum absolute atomic E-state index is 11.8.